The van der Waals surface area contributed by atoms with Crippen LogP contribution in [0.3, 0.4) is 0 Å². The molecule has 0 amide bonds. The van der Waals surface area contributed by atoms with Gasteiger partial charge in [0, 0.05) is 12.3 Å². The maximum atomic E-state index is 13.1. The molecule has 1 saturated heterocycles. The molecule has 1 atom stereocenters. The zero-order valence-corrected chi connectivity index (χ0v) is 10.5. The van der Waals surface area contributed by atoms with E-state index >= 15 is 0 Å². The minimum atomic E-state index is -3.55. The van der Waals surface area contributed by atoms with Gasteiger partial charge in [0.25, 0.3) is 0 Å². The van der Waals surface area contributed by atoms with Crippen LogP contribution in [-0.4, -0.2) is 26.9 Å². The Morgan fingerprint density at radius 2 is 2.22 bits per heavy atom. The van der Waals surface area contributed by atoms with Crippen molar-refractivity contribution in [1.29, 1.82) is 0 Å². The summed E-state index contributed by atoms with van der Waals surface area (Å²) < 4.78 is 44.3. The zero-order chi connectivity index (χ0) is 13.2. The highest BCUT2D eigenvalue weighted by Crippen LogP contribution is 2.19. The number of rotatable bonds is 4. The van der Waals surface area contributed by atoms with Crippen molar-refractivity contribution in [2.75, 3.05) is 22.8 Å². The standard InChI is InChI=1S/C11H15FN2O3S/c12-8-4-9(13)6-10(5-8)14-18(15,16)7-11-2-1-3-17-11/h4-6,11,14H,1-3,7,13H2. The molecule has 2 rings (SSSR count). The second-order valence-electron chi connectivity index (χ2n) is 4.29. The van der Waals surface area contributed by atoms with E-state index in [1.54, 1.807) is 0 Å². The third-order valence-electron chi connectivity index (χ3n) is 2.62. The van der Waals surface area contributed by atoms with Crippen molar-refractivity contribution in [3.63, 3.8) is 0 Å². The van der Waals surface area contributed by atoms with Gasteiger partial charge in [0.1, 0.15) is 5.82 Å². The molecule has 0 radical (unpaired) electrons. The summed E-state index contributed by atoms with van der Waals surface area (Å²) in [5.41, 5.74) is 5.74. The Balaban J connectivity index is 2.06. The van der Waals surface area contributed by atoms with Gasteiger partial charge in [-0.2, -0.15) is 0 Å². The molecule has 100 valence electrons. The maximum absolute atomic E-state index is 13.1. The summed E-state index contributed by atoms with van der Waals surface area (Å²) >= 11 is 0. The summed E-state index contributed by atoms with van der Waals surface area (Å²) in [4.78, 5) is 0. The van der Waals surface area contributed by atoms with Gasteiger partial charge >= 0.3 is 0 Å². The predicted molar refractivity (Wildman–Crippen MR) is 67.2 cm³/mol. The highest BCUT2D eigenvalue weighted by atomic mass is 32.2. The first-order valence-electron chi connectivity index (χ1n) is 5.63. The van der Waals surface area contributed by atoms with Crippen molar-refractivity contribution in [1.82, 2.24) is 0 Å². The second-order valence-corrected chi connectivity index (χ2v) is 6.06. The number of ether oxygens (including phenoxy) is 1. The van der Waals surface area contributed by atoms with Gasteiger partial charge in [-0.1, -0.05) is 0 Å². The van der Waals surface area contributed by atoms with Gasteiger partial charge in [0.15, 0.2) is 0 Å². The lowest BCUT2D eigenvalue weighted by Gasteiger charge is -2.12. The Kier molecular flexibility index (Phi) is 3.72. The summed E-state index contributed by atoms with van der Waals surface area (Å²) in [6.07, 6.45) is 1.31. The number of hydrogen-bond donors (Lipinski definition) is 2. The average Bonchev–Trinajstić information content (AvgIpc) is 2.66. The van der Waals surface area contributed by atoms with Crippen molar-refractivity contribution in [2.24, 2.45) is 0 Å². The Hall–Kier alpha value is -1.34. The summed E-state index contributed by atoms with van der Waals surface area (Å²) in [7, 11) is -3.55. The fourth-order valence-corrected chi connectivity index (χ4v) is 3.23. The van der Waals surface area contributed by atoms with Crippen molar-refractivity contribution in [2.45, 2.75) is 18.9 Å². The van der Waals surface area contributed by atoms with Crippen LogP contribution in [0.4, 0.5) is 15.8 Å². The number of anilines is 2. The molecule has 0 spiro atoms. The number of sulfonamides is 1. The van der Waals surface area contributed by atoms with E-state index in [0.717, 1.165) is 25.0 Å². The van der Waals surface area contributed by atoms with E-state index in [-0.39, 0.29) is 23.2 Å². The lowest BCUT2D eigenvalue weighted by atomic mass is 10.3. The van der Waals surface area contributed by atoms with Crippen LogP contribution in [0.2, 0.25) is 0 Å². The quantitative estimate of drug-likeness (QED) is 0.812. The minimum absolute atomic E-state index is 0.122. The van der Waals surface area contributed by atoms with Crippen LogP contribution in [-0.2, 0) is 14.8 Å². The van der Waals surface area contributed by atoms with Gasteiger partial charge in [-0.25, -0.2) is 12.8 Å². The van der Waals surface area contributed by atoms with E-state index < -0.39 is 15.8 Å². The van der Waals surface area contributed by atoms with E-state index in [1.165, 1.54) is 6.07 Å². The third kappa shape index (κ3) is 3.58. The fraction of sp³-hybridized carbons (Fsp3) is 0.455. The third-order valence-corrected chi connectivity index (χ3v) is 3.98. The molecule has 1 aromatic carbocycles. The summed E-state index contributed by atoms with van der Waals surface area (Å²) in [6, 6.07) is 3.58. The molecule has 0 saturated carbocycles. The monoisotopic (exact) mass is 274 g/mol. The highest BCUT2D eigenvalue weighted by molar-refractivity contribution is 7.92. The molecule has 1 unspecified atom stereocenters. The lowest BCUT2D eigenvalue weighted by Crippen LogP contribution is -2.25. The van der Waals surface area contributed by atoms with Crippen LogP contribution >= 0.6 is 0 Å². The van der Waals surface area contributed by atoms with E-state index in [1.807, 2.05) is 0 Å². The van der Waals surface area contributed by atoms with Crippen LogP contribution in [0.1, 0.15) is 12.8 Å². The van der Waals surface area contributed by atoms with Gasteiger partial charge in [0.05, 0.1) is 17.5 Å². The van der Waals surface area contributed by atoms with Gasteiger partial charge in [0.2, 0.25) is 10.0 Å². The molecule has 0 aromatic heterocycles. The minimum Gasteiger partial charge on any atom is -0.399 e. The van der Waals surface area contributed by atoms with Crippen LogP contribution in [0, 0.1) is 5.82 Å². The molecular formula is C11H15FN2O3S. The number of nitrogens with two attached hydrogens (primary N) is 1. The Morgan fingerprint density at radius 1 is 1.44 bits per heavy atom. The van der Waals surface area contributed by atoms with Crippen LogP contribution < -0.4 is 10.5 Å². The number of benzene rings is 1. The van der Waals surface area contributed by atoms with E-state index in [0.29, 0.717) is 6.61 Å². The SMILES string of the molecule is Nc1cc(F)cc(NS(=O)(=O)CC2CCCO2)c1. The summed E-state index contributed by atoms with van der Waals surface area (Å²) in [5, 5.41) is 0. The largest absolute Gasteiger partial charge is 0.399 e. The van der Waals surface area contributed by atoms with E-state index in [9.17, 15) is 12.8 Å². The molecule has 5 nitrogen and oxygen atoms in total. The molecule has 1 aliphatic rings. The Labute approximate surface area is 105 Å². The van der Waals surface area contributed by atoms with Gasteiger partial charge < -0.3 is 10.5 Å². The number of halogens is 1. The van der Waals surface area contributed by atoms with Gasteiger partial charge in [-0.15, -0.1) is 0 Å². The zero-order valence-electron chi connectivity index (χ0n) is 9.73. The van der Waals surface area contributed by atoms with Crippen molar-refractivity contribution < 1.29 is 17.5 Å². The van der Waals surface area contributed by atoms with Crippen LogP contribution in [0.5, 0.6) is 0 Å². The second kappa shape index (κ2) is 5.11. The van der Waals surface area contributed by atoms with Gasteiger partial charge in [-0.3, -0.25) is 4.72 Å². The first-order chi connectivity index (χ1) is 8.44. The molecule has 1 aromatic rings. The molecular weight excluding hydrogens is 259 g/mol. The smallest absolute Gasteiger partial charge is 0.235 e. The predicted octanol–water partition coefficient (Wildman–Crippen LogP) is 1.33. The summed E-state index contributed by atoms with van der Waals surface area (Å²) in [5.74, 6) is -0.700. The highest BCUT2D eigenvalue weighted by Gasteiger charge is 2.23. The van der Waals surface area contributed by atoms with Crippen LogP contribution in [0.15, 0.2) is 18.2 Å². The van der Waals surface area contributed by atoms with Crippen molar-refractivity contribution >= 4 is 21.4 Å². The normalized spacial score (nSPS) is 19.9. The molecule has 18 heavy (non-hydrogen) atoms. The van der Waals surface area contributed by atoms with E-state index in [2.05, 4.69) is 4.72 Å². The Morgan fingerprint density at radius 3 is 2.83 bits per heavy atom. The number of nitrogens with one attached hydrogen (secondary N) is 1. The first-order valence-corrected chi connectivity index (χ1v) is 7.28. The molecule has 1 fully saturated rings. The van der Waals surface area contributed by atoms with Crippen molar-refractivity contribution in [3.8, 4) is 0 Å². The molecule has 7 heteroatoms. The number of nitrogen functional groups attached to an aromatic ring is 1. The first kappa shape index (κ1) is 13.1. The fourth-order valence-electron chi connectivity index (χ4n) is 1.91. The number of hydrogen-bond acceptors (Lipinski definition) is 4. The van der Waals surface area contributed by atoms with Gasteiger partial charge in [-0.05, 0) is 31.0 Å². The molecule has 1 aliphatic heterocycles. The lowest BCUT2D eigenvalue weighted by molar-refractivity contribution is 0.127. The van der Waals surface area contributed by atoms with Crippen molar-refractivity contribution in [3.05, 3.63) is 24.0 Å². The topological polar surface area (TPSA) is 81.4 Å². The molecule has 0 aliphatic carbocycles. The average molecular weight is 274 g/mol. The molecule has 0 bridgehead atoms. The molecule has 3 N–H and O–H groups in total. The van der Waals surface area contributed by atoms with Crippen LogP contribution in [0.25, 0.3) is 0 Å². The molecule has 1 heterocycles. The van der Waals surface area contributed by atoms with E-state index in [4.69, 9.17) is 10.5 Å². The summed E-state index contributed by atoms with van der Waals surface area (Å²) in [6.45, 7) is 0.590. The maximum Gasteiger partial charge on any atom is 0.235 e. The Bertz CT molecular complexity index is 507.